The molecule has 0 bridgehead atoms. The molecule has 5 aromatic heterocycles. The number of benzene rings is 2. The average molecular weight is 469 g/mol. The smallest absolute Gasteiger partial charge is 0.180 e. The lowest BCUT2D eigenvalue weighted by Gasteiger charge is -2.10. The largest absolute Gasteiger partial charge is 0.253 e. The van der Waals surface area contributed by atoms with E-state index in [1.54, 1.807) is 17.5 Å². The second-order valence-electron chi connectivity index (χ2n) is 8.09. The number of hydrogen-bond donors (Lipinski definition) is 0. The number of aromatic nitrogens is 6. The van der Waals surface area contributed by atoms with Crippen molar-refractivity contribution < 1.29 is 0 Å². The number of hydrogen-bond acceptors (Lipinski definition) is 7. The Morgan fingerprint density at radius 3 is 2.23 bits per heavy atom. The topological polar surface area (TPSA) is 77.3 Å². The van der Waals surface area contributed by atoms with Crippen molar-refractivity contribution in [3.8, 4) is 33.9 Å². The Bertz CT molecular complexity index is 1830. The first kappa shape index (κ1) is 19.8. The summed E-state index contributed by atoms with van der Waals surface area (Å²) in [6.07, 6.45) is 3.55. The predicted molar refractivity (Wildman–Crippen MR) is 140 cm³/mol. The molecule has 0 aliphatic carbocycles. The molecule has 164 valence electrons. The SMILES string of the molecule is c1ccc(-c2nnc3sc4cc5cnc(-c6ccccn6)nc5nc4c3c2-c2ccccc2)cc1. The zero-order valence-electron chi connectivity index (χ0n) is 18.3. The van der Waals surface area contributed by atoms with Crippen molar-refractivity contribution in [3.05, 3.63) is 97.3 Å². The van der Waals surface area contributed by atoms with Crippen LogP contribution in [0.25, 0.3) is 65.4 Å². The standard InChI is InChI=1S/C28H16N6S/c1-3-9-17(10-4-1)22-23-25-21(35-28(23)34-33-24(22)18-11-5-2-6-12-18)15-19-16-30-27(32-26(19)31-25)20-13-7-8-14-29-20/h1-16H. The van der Waals surface area contributed by atoms with Gasteiger partial charge in [-0.15, -0.1) is 21.5 Å². The molecule has 0 saturated heterocycles. The summed E-state index contributed by atoms with van der Waals surface area (Å²) < 4.78 is 1.03. The van der Waals surface area contributed by atoms with Crippen molar-refractivity contribution in [1.82, 2.24) is 30.1 Å². The van der Waals surface area contributed by atoms with Gasteiger partial charge in [-0.25, -0.2) is 15.0 Å². The van der Waals surface area contributed by atoms with Crippen LogP contribution in [0.5, 0.6) is 0 Å². The number of pyridine rings is 2. The third-order valence-corrected chi connectivity index (χ3v) is 6.93. The van der Waals surface area contributed by atoms with Gasteiger partial charge >= 0.3 is 0 Å². The summed E-state index contributed by atoms with van der Waals surface area (Å²) in [5.41, 5.74) is 6.17. The van der Waals surface area contributed by atoms with Gasteiger partial charge in [0.1, 0.15) is 16.2 Å². The number of thiophene rings is 1. The first-order valence-electron chi connectivity index (χ1n) is 11.1. The Balaban J connectivity index is 1.56. The summed E-state index contributed by atoms with van der Waals surface area (Å²) >= 11 is 1.59. The zero-order chi connectivity index (χ0) is 23.2. The van der Waals surface area contributed by atoms with Gasteiger partial charge < -0.3 is 0 Å². The molecule has 5 heterocycles. The highest BCUT2D eigenvalue weighted by molar-refractivity contribution is 7.25. The quantitative estimate of drug-likeness (QED) is 0.292. The van der Waals surface area contributed by atoms with Gasteiger partial charge in [0.25, 0.3) is 0 Å². The van der Waals surface area contributed by atoms with E-state index in [2.05, 4.69) is 50.5 Å². The number of fused-ring (bicyclic) bond motifs is 4. The van der Waals surface area contributed by atoms with Gasteiger partial charge in [0.2, 0.25) is 0 Å². The minimum atomic E-state index is 0.553. The monoisotopic (exact) mass is 468 g/mol. The van der Waals surface area contributed by atoms with E-state index < -0.39 is 0 Å². The molecule has 7 rings (SSSR count). The van der Waals surface area contributed by atoms with E-state index in [0.29, 0.717) is 17.2 Å². The maximum atomic E-state index is 5.04. The molecule has 0 amide bonds. The Labute approximate surface area is 204 Å². The molecular formula is C28H16N6S. The highest BCUT2D eigenvalue weighted by atomic mass is 32.1. The van der Waals surface area contributed by atoms with Crippen LogP contribution in [0.15, 0.2) is 97.3 Å². The second-order valence-corrected chi connectivity index (χ2v) is 9.13. The van der Waals surface area contributed by atoms with Crippen LogP contribution in [0.3, 0.4) is 0 Å². The van der Waals surface area contributed by atoms with Crippen molar-refractivity contribution in [2.45, 2.75) is 0 Å². The van der Waals surface area contributed by atoms with Crippen molar-refractivity contribution in [2.75, 3.05) is 0 Å². The Morgan fingerprint density at radius 2 is 1.46 bits per heavy atom. The molecular weight excluding hydrogens is 452 g/mol. The van der Waals surface area contributed by atoms with Crippen molar-refractivity contribution in [1.29, 1.82) is 0 Å². The molecule has 7 heteroatoms. The molecule has 0 N–H and O–H groups in total. The van der Waals surface area contributed by atoms with E-state index in [1.807, 2.05) is 60.8 Å². The summed E-state index contributed by atoms with van der Waals surface area (Å²) in [5.74, 6) is 0.553. The van der Waals surface area contributed by atoms with Crippen molar-refractivity contribution in [2.24, 2.45) is 0 Å². The van der Waals surface area contributed by atoms with Crippen molar-refractivity contribution in [3.63, 3.8) is 0 Å². The molecule has 0 unspecified atom stereocenters. The molecule has 0 saturated carbocycles. The second kappa shape index (κ2) is 8.00. The molecule has 0 radical (unpaired) electrons. The van der Waals surface area contributed by atoms with Gasteiger partial charge in [-0.3, -0.25) is 4.98 Å². The van der Waals surface area contributed by atoms with E-state index >= 15 is 0 Å². The van der Waals surface area contributed by atoms with E-state index in [0.717, 1.165) is 48.2 Å². The average Bonchev–Trinajstić information content (AvgIpc) is 3.29. The van der Waals surface area contributed by atoms with Crippen LogP contribution >= 0.6 is 11.3 Å². The predicted octanol–water partition coefficient (Wildman–Crippen LogP) is 6.58. The lowest BCUT2D eigenvalue weighted by molar-refractivity contribution is 1.09. The first-order valence-corrected chi connectivity index (χ1v) is 12.0. The van der Waals surface area contributed by atoms with E-state index in [4.69, 9.17) is 9.97 Å². The first-order chi connectivity index (χ1) is 17.3. The Hall–Kier alpha value is -4.62. The van der Waals surface area contributed by atoms with Crippen LogP contribution in [0.1, 0.15) is 0 Å². The Morgan fingerprint density at radius 1 is 0.686 bits per heavy atom. The lowest BCUT2D eigenvalue weighted by atomic mass is 9.97. The van der Waals surface area contributed by atoms with Crippen LogP contribution < -0.4 is 0 Å². The van der Waals surface area contributed by atoms with E-state index in [-0.39, 0.29) is 0 Å². The molecule has 0 atom stereocenters. The molecule has 0 aliphatic heterocycles. The minimum absolute atomic E-state index is 0.553. The molecule has 0 aliphatic rings. The third kappa shape index (κ3) is 3.33. The fraction of sp³-hybridized carbons (Fsp3) is 0. The fourth-order valence-corrected chi connectivity index (χ4v) is 5.34. The molecule has 2 aromatic carbocycles. The van der Waals surface area contributed by atoms with Crippen LogP contribution in [0.4, 0.5) is 0 Å². The summed E-state index contributed by atoms with van der Waals surface area (Å²) in [7, 11) is 0. The summed E-state index contributed by atoms with van der Waals surface area (Å²) in [6.45, 7) is 0. The highest BCUT2D eigenvalue weighted by Crippen LogP contribution is 2.42. The zero-order valence-corrected chi connectivity index (χ0v) is 19.1. The van der Waals surface area contributed by atoms with Crippen LogP contribution in [0, 0.1) is 0 Å². The highest BCUT2D eigenvalue weighted by Gasteiger charge is 2.20. The van der Waals surface area contributed by atoms with Crippen LogP contribution in [0.2, 0.25) is 0 Å². The maximum absolute atomic E-state index is 5.04. The van der Waals surface area contributed by atoms with Gasteiger partial charge in [-0.05, 0) is 23.8 Å². The summed E-state index contributed by atoms with van der Waals surface area (Å²) in [5, 5.41) is 11.2. The van der Waals surface area contributed by atoms with E-state index in [1.165, 1.54) is 0 Å². The van der Waals surface area contributed by atoms with Gasteiger partial charge in [-0.1, -0.05) is 66.7 Å². The molecule has 35 heavy (non-hydrogen) atoms. The molecule has 0 spiro atoms. The number of rotatable bonds is 3. The summed E-state index contributed by atoms with van der Waals surface area (Å²) in [4.78, 5) is 19.5. The minimum Gasteiger partial charge on any atom is -0.253 e. The van der Waals surface area contributed by atoms with Crippen LogP contribution in [-0.4, -0.2) is 30.1 Å². The molecule has 7 aromatic rings. The van der Waals surface area contributed by atoms with E-state index in [9.17, 15) is 0 Å². The van der Waals surface area contributed by atoms with Gasteiger partial charge in [0.15, 0.2) is 11.5 Å². The maximum Gasteiger partial charge on any atom is 0.180 e. The summed E-state index contributed by atoms with van der Waals surface area (Å²) in [6, 6.07) is 28.3. The lowest BCUT2D eigenvalue weighted by Crippen LogP contribution is -1.95. The van der Waals surface area contributed by atoms with Crippen molar-refractivity contribution >= 4 is 42.8 Å². The van der Waals surface area contributed by atoms with Gasteiger partial charge in [0.05, 0.1) is 10.2 Å². The van der Waals surface area contributed by atoms with Crippen LogP contribution in [-0.2, 0) is 0 Å². The normalized spacial score (nSPS) is 11.4. The molecule has 0 fully saturated rings. The Kier molecular flexibility index (Phi) is 4.53. The van der Waals surface area contributed by atoms with Gasteiger partial charge in [0, 0.05) is 34.3 Å². The molecule has 6 nitrogen and oxygen atoms in total. The van der Waals surface area contributed by atoms with Gasteiger partial charge in [-0.2, -0.15) is 0 Å². The number of nitrogens with zero attached hydrogens (tertiary/aromatic N) is 6. The third-order valence-electron chi connectivity index (χ3n) is 5.92. The fourth-order valence-electron chi connectivity index (χ4n) is 4.32.